The molecule has 1 aliphatic rings. The lowest BCUT2D eigenvalue weighted by atomic mass is 10.2. The molecule has 3 aromatic rings. The van der Waals surface area contributed by atoms with E-state index in [4.69, 9.17) is 16.3 Å². The van der Waals surface area contributed by atoms with Crippen LogP contribution in [0.15, 0.2) is 89.5 Å². The Morgan fingerprint density at radius 2 is 1.54 bits per heavy atom. The largest absolute Gasteiger partial charge is 0.457 e. The van der Waals surface area contributed by atoms with Crippen molar-refractivity contribution in [1.29, 1.82) is 10.5 Å². The molecule has 35 heavy (non-hydrogen) atoms. The van der Waals surface area contributed by atoms with E-state index in [1.165, 1.54) is 0 Å². The lowest BCUT2D eigenvalue weighted by Gasteiger charge is -2.17. The van der Waals surface area contributed by atoms with E-state index in [0.717, 1.165) is 16.7 Å². The Kier molecular flexibility index (Phi) is 7.37. The lowest BCUT2D eigenvalue weighted by molar-refractivity contribution is -0.121. The van der Waals surface area contributed by atoms with Crippen LogP contribution in [0.3, 0.4) is 0 Å². The van der Waals surface area contributed by atoms with Gasteiger partial charge in [0.25, 0.3) is 0 Å². The molecule has 1 atom stereocenters. The summed E-state index contributed by atoms with van der Waals surface area (Å²) in [4.78, 5) is 27.0. The predicted molar refractivity (Wildman–Crippen MR) is 135 cm³/mol. The second-order valence-corrected chi connectivity index (χ2v) is 9.00. The normalized spacial score (nSPS) is 14.7. The molecule has 7 nitrogen and oxygen atoms in total. The summed E-state index contributed by atoms with van der Waals surface area (Å²) in [7, 11) is 0. The average molecular weight is 501 g/mol. The number of nitrogens with zero attached hydrogens (tertiary/aromatic N) is 3. The number of hydrogen-bond acceptors (Lipinski definition) is 7. The summed E-state index contributed by atoms with van der Waals surface area (Å²) in [5.74, 6) is 0.344. The number of thioether (sulfide) groups is 1. The second-order valence-electron chi connectivity index (χ2n) is 7.35. The molecule has 1 saturated heterocycles. The first-order valence-electron chi connectivity index (χ1n) is 10.4. The van der Waals surface area contributed by atoms with Crippen LogP contribution in [0, 0.1) is 22.7 Å². The molecular weight excluding hydrogens is 484 g/mol. The number of nitrogens with one attached hydrogen (secondary N) is 1. The third-order valence-corrected chi connectivity index (χ3v) is 6.44. The van der Waals surface area contributed by atoms with Crippen LogP contribution in [0.2, 0.25) is 5.02 Å². The molecule has 0 spiro atoms. The highest BCUT2D eigenvalue weighted by molar-refractivity contribution is 8.04. The van der Waals surface area contributed by atoms with Crippen LogP contribution in [0.25, 0.3) is 0 Å². The van der Waals surface area contributed by atoms with Crippen LogP contribution >= 0.6 is 23.4 Å². The first-order chi connectivity index (χ1) is 17.0. The van der Waals surface area contributed by atoms with Crippen LogP contribution in [0.1, 0.15) is 6.42 Å². The minimum absolute atomic E-state index is 0.0589. The molecular formula is C26H17ClN4O3S. The predicted octanol–water partition coefficient (Wildman–Crippen LogP) is 5.87. The van der Waals surface area contributed by atoms with Crippen molar-refractivity contribution in [3.63, 3.8) is 0 Å². The van der Waals surface area contributed by atoms with Gasteiger partial charge in [-0.15, -0.1) is 0 Å². The number of carbonyl (C=O) groups excluding carboxylic acids is 2. The van der Waals surface area contributed by atoms with Crippen molar-refractivity contribution in [3.05, 3.63) is 94.5 Å². The van der Waals surface area contributed by atoms with Gasteiger partial charge in [0.1, 0.15) is 28.7 Å². The monoisotopic (exact) mass is 500 g/mol. The number of benzene rings is 3. The highest BCUT2D eigenvalue weighted by Gasteiger charge is 2.41. The van der Waals surface area contributed by atoms with Crippen LogP contribution in [0.4, 0.5) is 11.4 Å². The van der Waals surface area contributed by atoms with Crippen molar-refractivity contribution in [2.45, 2.75) is 11.7 Å². The molecule has 1 aliphatic heterocycles. The van der Waals surface area contributed by atoms with Gasteiger partial charge in [0.05, 0.1) is 10.9 Å². The molecule has 0 aromatic heterocycles. The number of imide groups is 1. The van der Waals surface area contributed by atoms with Gasteiger partial charge in [0, 0.05) is 17.1 Å². The molecule has 2 amide bonds. The second kappa shape index (κ2) is 10.8. The van der Waals surface area contributed by atoms with Gasteiger partial charge in [0.15, 0.2) is 5.57 Å². The quantitative estimate of drug-likeness (QED) is 0.319. The summed E-state index contributed by atoms with van der Waals surface area (Å²) in [6, 6.07) is 26.2. The zero-order valence-corrected chi connectivity index (χ0v) is 19.7. The van der Waals surface area contributed by atoms with Crippen molar-refractivity contribution in [2.24, 2.45) is 0 Å². The summed E-state index contributed by atoms with van der Waals surface area (Å²) in [5, 5.41) is 21.8. The molecule has 3 aromatic carbocycles. The molecule has 0 aliphatic carbocycles. The average Bonchev–Trinajstić information content (AvgIpc) is 3.15. The highest BCUT2D eigenvalue weighted by atomic mass is 35.5. The van der Waals surface area contributed by atoms with Gasteiger partial charge in [-0.1, -0.05) is 41.6 Å². The maximum atomic E-state index is 13.1. The van der Waals surface area contributed by atoms with E-state index in [1.54, 1.807) is 72.8 Å². The van der Waals surface area contributed by atoms with Crippen molar-refractivity contribution in [2.75, 3.05) is 10.2 Å². The van der Waals surface area contributed by atoms with E-state index in [-0.39, 0.29) is 22.9 Å². The Hall–Kier alpha value is -4.24. The Morgan fingerprint density at radius 3 is 2.14 bits per heavy atom. The Labute approximate surface area is 211 Å². The van der Waals surface area contributed by atoms with E-state index in [1.807, 2.05) is 18.2 Å². The number of para-hydroxylation sites is 1. The van der Waals surface area contributed by atoms with Gasteiger partial charge in [-0.05, 0) is 60.7 Å². The summed E-state index contributed by atoms with van der Waals surface area (Å²) < 4.78 is 5.76. The van der Waals surface area contributed by atoms with Gasteiger partial charge in [-0.25, -0.2) is 4.90 Å². The van der Waals surface area contributed by atoms with Crippen molar-refractivity contribution in [3.8, 4) is 23.6 Å². The molecule has 1 N–H and O–H groups in total. The summed E-state index contributed by atoms with van der Waals surface area (Å²) >= 11 is 6.88. The summed E-state index contributed by atoms with van der Waals surface area (Å²) in [6.45, 7) is 0. The molecule has 4 rings (SSSR count). The topological polar surface area (TPSA) is 106 Å². The van der Waals surface area contributed by atoms with Gasteiger partial charge in [0.2, 0.25) is 11.8 Å². The molecule has 9 heteroatoms. The number of amides is 2. The van der Waals surface area contributed by atoms with E-state index >= 15 is 0 Å². The summed E-state index contributed by atoms with van der Waals surface area (Å²) in [6.07, 6.45) is -0.0589. The first kappa shape index (κ1) is 23.9. The van der Waals surface area contributed by atoms with Crippen LogP contribution in [0.5, 0.6) is 11.5 Å². The van der Waals surface area contributed by atoms with E-state index in [9.17, 15) is 20.1 Å². The Morgan fingerprint density at radius 1 is 0.943 bits per heavy atom. The highest BCUT2D eigenvalue weighted by Crippen LogP contribution is 2.36. The van der Waals surface area contributed by atoms with Gasteiger partial charge < -0.3 is 10.1 Å². The molecule has 0 unspecified atom stereocenters. The van der Waals surface area contributed by atoms with Gasteiger partial charge in [-0.2, -0.15) is 10.5 Å². The molecule has 0 saturated carbocycles. The minimum atomic E-state index is -0.782. The lowest BCUT2D eigenvalue weighted by Crippen LogP contribution is -2.31. The van der Waals surface area contributed by atoms with Crippen LogP contribution in [-0.2, 0) is 9.59 Å². The number of rotatable bonds is 7. The first-order valence-corrected chi connectivity index (χ1v) is 11.7. The number of ether oxygens (including phenoxy) is 1. The van der Waals surface area contributed by atoms with Crippen molar-refractivity contribution < 1.29 is 14.3 Å². The molecule has 0 bridgehead atoms. The maximum absolute atomic E-state index is 13.1. The van der Waals surface area contributed by atoms with Crippen molar-refractivity contribution >= 4 is 46.6 Å². The molecule has 1 fully saturated rings. The van der Waals surface area contributed by atoms with Crippen molar-refractivity contribution in [1.82, 2.24) is 0 Å². The number of hydrogen-bond donors (Lipinski definition) is 1. The summed E-state index contributed by atoms with van der Waals surface area (Å²) in [5.41, 5.74) is 0.901. The number of anilines is 2. The third kappa shape index (κ3) is 5.64. The SMILES string of the molecule is N#CC(C#N)=C(Nc1ccccc1)S[C@@H]1CC(=O)N(c2ccc(Oc3ccc(Cl)cc3)cc2)C1=O. The number of carbonyl (C=O) groups is 2. The van der Waals surface area contributed by atoms with Gasteiger partial charge in [-0.3, -0.25) is 9.59 Å². The number of allylic oxidation sites excluding steroid dienone is 1. The molecule has 172 valence electrons. The smallest absolute Gasteiger partial charge is 0.247 e. The third-order valence-electron chi connectivity index (χ3n) is 4.99. The zero-order valence-electron chi connectivity index (χ0n) is 18.1. The fourth-order valence-electron chi connectivity index (χ4n) is 3.34. The molecule has 1 heterocycles. The zero-order chi connectivity index (χ0) is 24.8. The Bertz CT molecular complexity index is 1340. The molecule has 0 radical (unpaired) electrons. The maximum Gasteiger partial charge on any atom is 0.247 e. The van der Waals surface area contributed by atoms with E-state index in [2.05, 4.69) is 5.32 Å². The standard InChI is InChI=1S/C26H17ClN4O3S/c27-18-6-10-21(11-7-18)34-22-12-8-20(9-13-22)31-24(32)14-23(26(31)33)35-25(17(15-28)16-29)30-19-4-2-1-3-5-19/h1-13,23,30H,14H2/t23-/m1/s1. The fraction of sp³-hybridized carbons (Fsp3) is 0.0769. The number of nitriles is 2. The Balaban J connectivity index is 1.50. The number of halogens is 1. The van der Waals surface area contributed by atoms with Crippen LogP contribution < -0.4 is 15.0 Å². The minimum Gasteiger partial charge on any atom is -0.457 e. The van der Waals surface area contributed by atoms with E-state index < -0.39 is 11.2 Å². The van der Waals surface area contributed by atoms with Crippen LogP contribution in [-0.4, -0.2) is 17.1 Å². The van der Waals surface area contributed by atoms with Gasteiger partial charge >= 0.3 is 0 Å². The van der Waals surface area contributed by atoms with E-state index in [0.29, 0.717) is 27.9 Å². The fourth-order valence-corrected chi connectivity index (χ4v) is 4.57.